The van der Waals surface area contributed by atoms with Crippen LogP contribution in [-0.2, 0) is 0 Å². The topological polar surface area (TPSA) is 45.2 Å². The Hall–Kier alpha value is -1.94. The van der Waals surface area contributed by atoms with E-state index in [1.807, 2.05) is 35.2 Å². The van der Waals surface area contributed by atoms with Crippen LogP contribution in [0.2, 0.25) is 0 Å². The summed E-state index contributed by atoms with van der Waals surface area (Å²) in [5.41, 5.74) is 1.66. The molecule has 0 aliphatic carbocycles. The Labute approximate surface area is 118 Å². The van der Waals surface area contributed by atoms with Gasteiger partial charge in [-0.05, 0) is 38.1 Å². The van der Waals surface area contributed by atoms with Crippen molar-refractivity contribution in [3.63, 3.8) is 0 Å². The van der Waals surface area contributed by atoms with Crippen molar-refractivity contribution < 1.29 is 4.79 Å². The molecule has 1 aliphatic rings. The number of piperazine rings is 1. The Balaban J connectivity index is 1.95. The van der Waals surface area contributed by atoms with Crippen molar-refractivity contribution in [1.29, 1.82) is 0 Å². The molecule has 0 saturated carbocycles. The molecule has 2 heterocycles. The number of nitrogens with one attached hydrogen (secondary N) is 1. The van der Waals surface area contributed by atoms with Crippen LogP contribution < -0.4 is 5.32 Å². The number of aromatic nitrogens is 1. The van der Waals surface area contributed by atoms with Gasteiger partial charge in [0.2, 0.25) is 0 Å². The van der Waals surface area contributed by atoms with Crippen LogP contribution in [0.4, 0.5) is 0 Å². The first-order valence-electron chi connectivity index (χ1n) is 7.05. The van der Waals surface area contributed by atoms with E-state index in [2.05, 4.69) is 24.1 Å². The van der Waals surface area contributed by atoms with Crippen LogP contribution in [0.5, 0.6) is 0 Å². The number of fused-ring (bicyclic) bond motifs is 1. The van der Waals surface area contributed by atoms with Gasteiger partial charge in [-0.1, -0.05) is 6.07 Å². The van der Waals surface area contributed by atoms with E-state index in [0.717, 1.165) is 29.6 Å². The number of rotatable bonds is 1. The molecule has 4 heteroatoms. The zero-order valence-corrected chi connectivity index (χ0v) is 11.8. The predicted molar refractivity (Wildman–Crippen MR) is 79.7 cm³/mol. The molecule has 1 saturated heterocycles. The van der Waals surface area contributed by atoms with Crippen molar-refractivity contribution in [3.8, 4) is 0 Å². The molecule has 1 N–H and O–H groups in total. The molecular weight excluding hydrogens is 250 g/mol. The van der Waals surface area contributed by atoms with Crippen LogP contribution in [0.3, 0.4) is 0 Å². The van der Waals surface area contributed by atoms with E-state index in [4.69, 9.17) is 0 Å². The van der Waals surface area contributed by atoms with Gasteiger partial charge in [-0.2, -0.15) is 0 Å². The highest BCUT2D eigenvalue weighted by Crippen LogP contribution is 2.18. The maximum Gasteiger partial charge on any atom is 0.254 e. The zero-order chi connectivity index (χ0) is 14.1. The first kappa shape index (κ1) is 13.1. The lowest BCUT2D eigenvalue weighted by Gasteiger charge is -2.39. The highest BCUT2D eigenvalue weighted by Gasteiger charge is 2.29. The minimum absolute atomic E-state index is 0.109. The Morgan fingerprint density at radius 1 is 1.25 bits per heavy atom. The summed E-state index contributed by atoms with van der Waals surface area (Å²) in [4.78, 5) is 19.0. The van der Waals surface area contributed by atoms with E-state index in [1.54, 1.807) is 6.20 Å². The van der Waals surface area contributed by atoms with Gasteiger partial charge in [-0.25, -0.2) is 0 Å². The average Bonchev–Trinajstić information content (AvgIpc) is 2.46. The van der Waals surface area contributed by atoms with Gasteiger partial charge in [-0.3, -0.25) is 9.78 Å². The molecular formula is C16H19N3O. The summed E-state index contributed by atoms with van der Waals surface area (Å²) in [6.45, 7) is 5.88. The molecule has 4 nitrogen and oxygen atoms in total. The van der Waals surface area contributed by atoms with E-state index in [-0.39, 0.29) is 18.0 Å². The van der Waals surface area contributed by atoms with Gasteiger partial charge >= 0.3 is 0 Å². The van der Waals surface area contributed by atoms with Crippen LogP contribution in [0.15, 0.2) is 36.5 Å². The summed E-state index contributed by atoms with van der Waals surface area (Å²) >= 11 is 0. The number of hydrogen-bond acceptors (Lipinski definition) is 3. The minimum atomic E-state index is 0.109. The van der Waals surface area contributed by atoms with Gasteiger partial charge in [0.05, 0.1) is 5.52 Å². The van der Waals surface area contributed by atoms with Crippen LogP contribution in [-0.4, -0.2) is 41.0 Å². The smallest absolute Gasteiger partial charge is 0.254 e. The number of benzene rings is 1. The highest BCUT2D eigenvalue weighted by atomic mass is 16.2. The van der Waals surface area contributed by atoms with E-state index in [1.165, 1.54) is 0 Å². The van der Waals surface area contributed by atoms with Crippen LogP contribution in [0, 0.1) is 0 Å². The number of carbonyl (C=O) groups is 1. The lowest BCUT2D eigenvalue weighted by atomic mass is 10.1. The molecule has 104 valence electrons. The SMILES string of the molecule is CC1CNCC(C)N1C(=O)c1ccc2ncccc2c1. The van der Waals surface area contributed by atoms with Gasteiger partial charge in [0.1, 0.15) is 0 Å². The third-order valence-corrected chi connectivity index (χ3v) is 3.91. The van der Waals surface area contributed by atoms with E-state index in [0.29, 0.717) is 0 Å². The average molecular weight is 269 g/mol. The summed E-state index contributed by atoms with van der Waals surface area (Å²) in [5, 5.41) is 4.35. The monoisotopic (exact) mass is 269 g/mol. The molecule has 1 aromatic carbocycles. The minimum Gasteiger partial charge on any atom is -0.331 e. The van der Waals surface area contributed by atoms with E-state index < -0.39 is 0 Å². The summed E-state index contributed by atoms with van der Waals surface area (Å²) in [6, 6.07) is 10.0. The molecule has 0 bridgehead atoms. The molecule has 1 amide bonds. The van der Waals surface area contributed by atoms with Crippen molar-refractivity contribution in [2.24, 2.45) is 0 Å². The Bertz CT molecular complexity index is 630. The Morgan fingerprint density at radius 3 is 2.75 bits per heavy atom. The lowest BCUT2D eigenvalue weighted by molar-refractivity contribution is 0.0544. The first-order chi connectivity index (χ1) is 9.66. The van der Waals surface area contributed by atoms with E-state index >= 15 is 0 Å². The molecule has 3 rings (SSSR count). The normalized spacial score (nSPS) is 23.0. The second-order valence-electron chi connectivity index (χ2n) is 5.48. The molecule has 2 atom stereocenters. The van der Waals surface area contributed by atoms with Gasteiger partial charge in [0.15, 0.2) is 0 Å². The largest absolute Gasteiger partial charge is 0.331 e. The van der Waals surface area contributed by atoms with Crippen molar-refractivity contribution in [2.45, 2.75) is 25.9 Å². The van der Waals surface area contributed by atoms with Gasteiger partial charge in [-0.15, -0.1) is 0 Å². The quantitative estimate of drug-likeness (QED) is 0.862. The number of pyridine rings is 1. The molecule has 0 spiro atoms. The van der Waals surface area contributed by atoms with Crippen molar-refractivity contribution in [3.05, 3.63) is 42.1 Å². The number of amides is 1. The van der Waals surface area contributed by atoms with Crippen molar-refractivity contribution in [1.82, 2.24) is 15.2 Å². The van der Waals surface area contributed by atoms with Crippen LogP contribution >= 0.6 is 0 Å². The summed E-state index contributed by atoms with van der Waals surface area (Å²) in [5.74, 6) is 0.109. The number of hydrogen-bond donors (Lipinski definition) is 1. The van der Waals surface area contributed by atoms with Gasteiger partial charge in [0, 0.05) is 42.3 Å². The molecule has 0 radical (unpaired) electrons. The second kappa shape index (κ2) is 5.21. The summed E-state index contributed by atoms with van der Waals surface area (Å²) < 4.78 is 0. The molecule has 2 aromatic rings. The first-order valence-corrected chi connectivity index (χ1v) is 7.05. The number of nitrogens with zero attached hydrogens (tertiary/aromatic N) is 2. The number of carbonyl (C=O) groups excluding carboxylic acids is 1. The summed E-state index contributed by atoms with van der Waals surface area (Å²) in [7, 11) is 0. The predicted octanol–water partition coefficient (Wildman–Crippen LogP) is 2.06. The van der Waals surface area contributed by atoms with Gasteiger partial charge < -0.3 is 10.2 Å². The fourth-order valence-corrected chi connectivity index (χ4v) is 2.89. The van der Waals surface area contributed by atoms with E-state index in [9.17, 15) is 4.79 Å². The lowest BCUT2D eigenvalue weighted by Crippen LogP contribution is -2.57. The zero-order valence-electron chi connectivity index (χ0n) is 11.8. The standard InChI is InChI=1S/C16H19N3O/c1-11-9-17-10-12(2)19(11)16(20)14-5-6-15-13(8-14)4-3-7-18-15/h3-8,11-12,17H,9-10H2,1-2H3. The Morgan fingerprint density at radius 2 is 2.00 bits per heavy atom. The van der Waals surface area contributed by atoms with Gasteiger partial charge in [0.25, 0.3) is 5.91 Å². The fourth-order valence-electron chi connectivity index (χ4n) is 2.89. The summed E-state index contributed by atoms with van der Waals surface area (Å²) in [6.07, 6.45) is 1.77. The van der Waals surface area contributed by atoms with Crippen LogP contribution in [0.1, 0.15) is 24.2 Å². The van der Waals surface area contributed by atoms with Crippen LogP contribution in [0.25, 0.3) is 10.9 Å². The molecule has 1 aromatic heterocycles. The Kier molecular flexibility index (Phi) is 3.40. The molecule has 1 fully saturated rings. The third kappa shape index (κ3) is 2.27. The fraction of sp³-hybridized carbons (Fsp3) is 0.375. The maximum absolute atomic E-state index is 12.7. The third-order valence-electron chi connectivity index (χ3n) is 3.91. The van der Waals surface area contributed by atoms with Crippen molar-refractivity contribution >= 4 is 16.8 Å². The molecule has 2 unspecified atom stereocenters. The maximum atomic E-state index is 12.7. The molecule has 1 aliphatic heterocycles. The molecule has 20 heavy (non-hydrogen) atoms. The van der Waals surface area contributed by atoms with Crippen molar-refractivity contribution in [2.75, 3.05) is 13.1 Å². The highest BCUT2D eigenvalue weighted by molar-refractivity contribution is 5.98. The second-order valence-corrected chi connectivity index (χ2v) is 5.48.